The molecule has 3 N–H and O–H groups in total. The van der Waals surface area contributed by atoms with E-state index in [1.165, 1.54) is 0 Å². The minimum atomic E-state index is -0.536. The third-order valence-corrected chi connectivity index (χ3v) is 3.91. The number of carbonyl (C=O) groups excluding carboxylic acids is 1. The zero-order valence-corrected chi connectivity index (χ0v) is 12.8. The lowest BCUT2D eigenvalue weighted by molar-refractivity contribution is 0.196. The van der Waals surface area contributed by atoms with E-state index in [9.17, 15) is 9.90 Å². The number of hydrogen-bond donors (Lipinski definition) is 3. The second-order valence-electron chi connectivity index (χ2n) is 5.63. The number of hydrogen-bond acceptors (Lipinski definition) is 3. The van der Waals surface area contributed by atoms with Crippen LogP contribution in [0.4, 0.5) is 10.5 Å². The van der Waals surface area contributed by atoms with E-state index in [0.29, 0.717) is 5.69 Å². The highest BCUT2D eigenvalue weighted by atomic mass is 16.3. The van der Waals surface area contributed by atoms with E-state index < -0.39 is 6.10 Å². The number of nitrogens with zero attached hydrogens (tertiary/aromatic N) is 1. The summed E-state index contributed by atoms with van der Waals surface area (Å²) in [6.07, 6.45) is 1.61. The van der Waals surface area contributed by atoms with Gasteiger partial charge in [-0.05, 0) is 50.6 Å². The molecule has 2 unspecified atom stereocenters. The van der Waals surface area contributed by atoms with Gasteiger partial charge in [-0.15, -0.1) is 0 Å². The average molecular weight is 291 g/mol. The molecule has 116 valence electrons. The van der Waals surface area contributed by atoms with Crippen LogP contribution in [0.3, 0.4) is 0 Å². The van der Waals surface area contributed by atoms with Gasteiger partial charge in [0.05, 0.1) is 6.10 Å². The average Bonchev–Trinajstić information content (AvgIpc) is 2.47. The molecular formula is C16H25N3O2. The van der Waals surface area contributed by atoms with E-state index in [4.69, 9.17) is 0 Å². The van der Waals surface area contributed by atoms with Crippen LogP contribution < -0.4 is 10.6 Å². The first kappa shape index (κ1) is 15.8. The minimum absolute atomic E-state index is 0.180. The van der Waals surface area contributed by atoms with Crippen molar-refractivity contribution in [1.29, 1.82) is 0 Å². The third kappa shape index (κ3) is 4.72. The normalized spacial score (nSPS) is 20.8. The molecule has 1 aromatic rings. The molecule has 5 nitrogen and oxygen atoms in total. The smallest absolute Gasteiger partial charge is 0.319 e. The summed E-state index contributed by atoms with van der Waals surface area (Å²) >= 11 is 0. The van der Waals surface area contributed by atoms with Crippen molar-refractivity contribution in [3.05, 3.63) is 29.8 Å². The minimum Gasteiger partial charge on any atom is -0.389 e. The molecule has 2 rings (SSSR count). The van der Waals surface area contributed by atoms with Gasteiger partial charge in [-0.2, -0.15) is 0 Å². The number of urea groups is 1. The molecule has 5 heteroatoms. The Morgan fingerprint density at radius 2 is 2.33 bits per heavy atom. The van der Waals surface area contributed by atoms with Gasteiger partial charge >= 0.3 is 6.03 Å². The molecule has 0 spiro atoms. The quantitative estimate of drug-likeness (QED) is 0.798. The number of rotatable bonds is 4. The summed E-state index contributed by atoms with van der Waals surface area (Å²) in [5.41, 5.74) is 1.50. The van der Waals surface area contributed by atoms with E-state index in [1.54, 1.807) is 13.0 Å². The van der Waals surface area contributed by atoms with Gasteiger partial charge in [0.25, 0.3) is 0 Å². The fourth-order valence-electron chi connectivity index (χ4n) is 2.69. The number of anilines is 1. The lowest BCUT2D eigenvalue weighted by atomic mass is 10.1. The Hall–Kier alpha value is -1.59. The first-order valence-electron chi connectivity index (χ1n) is 7.66. The van der Waals surface area contributed by atoms with Gasteiger partial charge in [-0.1, -0.05) is 19.1 Å². The largest absolute Gasteiger partial charge is 0.389 e. The van der Waals surface area contributed by atoms with Gasteiger partial charge in [0.2, 0.25) is 0 Å². The van der Waals surface area contributed by atoms with Gasteiger partial charge in [0.1, 0.15) is 0 Å². The Bertz CT molecular complexity index is 476. The molecule has 1 aromatic carbocycles. The molecule has 1 aliphatic rings. The summed E-state index contributed by atoms with van der Waals surface area (Å²) in [5.74, 6) is 0. The van der Waals surface area contributed by atoms with Crippen molar-refractivity contribution < 1.29 is 9.90 Å². The van der Waals surface area contributed by atoms with Crippen LogP contribution in [0.5, 0.6) is 0 Å². The molecular weight excluding hydrogens is 266 g/mol. The van der Waals surface area contributed by atoms with Gasteiger partial charge in [0, 0.05) is 18.3 Å². The lowest BCUT2D eigenvalue weighted by Gasteiger charge is -2.32. The Labute approximate surface area is 126 Å². The number of aliphatic hydroxyl groups excluding tert-OH is 1. The molecule has 0 aromatic heterocycles. The Morgan fingerprint density at radius 1 is 1.52 bits per heavy atom. The molecule has 1 heterocycles. The van der Waals surface area contributed by atoms with Crippen LogP contribution >= 0.6 is 0 Å². The summed E-state index contributed by atoms with van der Waals surface area (Å²) in [5, 5.41) is 15.4. The van der Waals surface area contributed by atoms with Crippen LogP contribution in [0.1, 0.15) is 38.4 Å². The zero-order valence-electron chi connectivity index (χ0n) is 12.8. The van der Waals surface area contributed by atoms with Gasteiger partial charge in [0.15, 0.2) is 0 Å². The molecule has 21 heavy (non-hydrogen) atoms. The van der Waals surface area contributed by atoms with Gasteiger partial charge in [-0.25, -0.2) is 4.79 Å². The number of benzene rings is 1. The predicted molar refractivity (Wildman–Crippen MR) is 84.4 cm³/mol. The Balaban J connectivity index is 1.88. The van der Waals surface area contributed by atoms with Crippen molar-refractivity contribution in [3.63, 3.8) is 0 Å². The monoisotopic (exact) mass is 291 g/mol. The summed E-state index contributed by atoms with van der Waals surface area (Å²) in [7, 11) is 0. The number of likely N-dealkylation sites (tertiary alicyclic amines) is 1. The number of aliphatic hydroxyl groups is 1. The van der Waals surface area contributed by atoms with Crippen LogP contribution in [-0.4, -0.2) is 41.7 Å². The lowest BCUT2D eigenvalue weighted by Crippen LogP contribution is -2.48. The van der Waals surface area contributed by atoms with Crippen LogP contribution in [0.15, 0.2) is 24.3 Å². The van der Waals surface area contributed by atoms with Crippen molar-refractivity contribution in [2.24, 2.45) is 0 Å². The zero-order chi connectivity index (χ0) is 15.2. The van der Waals surface area contributed by atoms with E-state index in [1.807, 2.05) is 18.2 Å². The molecule has 2 atom stereocenters. The first-order valence-corrected chi connectivity index (χ1v) is 7.66. The first-order chi connectivity index (χ1) is 10.1. The number of piperidine rings is 1. The van der Waals surface area contributed by atoms with Crippen molar-refractivity contribution >= 4 is 11.7 Å². The molecule has 0 saturated carbocycles. The number of nitrogens with one attached hydrogen (secondary N) is 2. The van der Waals surface area contributed by atoms with Crippen molar-refractivity contribution in [1.82, 2.24) is 10.2 Å². The Kier molecular flexibility index (Phi) is 5.59. The highest BCUT2D eigenvalue weighted by Crippen LogP contribution is 2.17. The van der Waals surface area contributed by atoms with E-state index in [2.05, 4.69) is 22.5 Å². The van der Waals surface area contributed by atoms with Crippen molar-refractivity contribution in [2.75, 3.05) is 25.0 Å². The molecule has 0 aliphatic carbocycles. The number of likely N-dealkylation sites (N-methyl/N-ethyl adjacent to an activating group) is 1. The summed E-state index contributed by atoms with van der Waals surface area (Å²) in [6.45, 7) is 6.91. The fraction of sp³-hybridized carbons (Fsp3) is 0.562. The van der Waals surface area contributed by atoms with E-state index >= 15 is 0 Å². The highest BCUT2D eigenvalue weighted by molar-refractivity contribution is 5.89. The predicted octanol–water partition coefficient (Wildman–Crippen LogP) is 2.35. The summed E-state index contributed by atoms with van der Waals surface area (Å²) in [4.78, 5) is 14.4. The number of amides is 2. The number of carbonyl (C=O) groups is 1. The maximum atomic E-state index is 12.1. The molecule has 0 radical (unpaired) electrons. The van der Waals surface area contributed by atoms with Crippen molar-refractivity contribution in [2.45, 2.75) is 38.8 Å². The van der Waals surface area contributed by atoms with Crippen molar-refractivity contribution in [3.8, 4) is 0 Å². The van der Waals surface area contributed by atoms with Gasteiger partial charge < -0.3 is 20.6 Å². The third-order valence-electron chi connectivity index (χ3n) is 3.91. The van der Waals surface area contributed by atoms with Crippen LogP contribution in [-0.2, 0) is 0 Å². The van der Waals surface area contributed by atoms with E-state index in [-0.39, 0.29) is 12.1 Å². The molecule has 1 aliphatic heterocycles. The van der Waals surface area contributed by atoms with Gasteiger partial charge in [-0.3, -0.25) is 0 Å². The standard InChI is InChI=1S/C16H25N3O2/c1-3-19-9-5-8-15(11-19)18-16(21)17-14-7-4-6-13(10-14)12(2)20/h4,6-7,10,12,15,20H,3,5,8-9,11H2,1-2H3,(H2,17,18,21). The summed E-state index contributed by atoms with van der Waals surface area (Å²) in [6, 6.07) is 7.32. The Morgan fingerprint density at radius 3 is 3.05 bits per heavy atom. The van der Waals surface area contributed by atoms with Crippen LogP contribution in [0.25, 0.3) is 0 Å². The fourth-order valence-corrected chi connectivity index (χ4v) is 2.69. The molecule has 0 bridgehead atoms. The molecule has 2 amide bonds. The van der Waals surface area contributed by atoms with Crippen LogP contribution in [0.2, 0.25) is 0 Å². The second-order valence-corrected chi connectivity index (χ2v) is 5.63. The maximum Gasteiger partial charge on any atom is 0.319 e. The molecule has 1 fully saturated rings. The summed E-state index contributed by atoms with van der Waals surface area (Å²) < 4.78 is 0. The maximum absolute atomic E-state index is 12.1. The van der Waals surface area contributed by atoms with E-state index in [0.717, 1.165) is 38.0 Å². The van der Waals surface area contributed by atoms with Crippen LogP contribution in [0, 0.1) is 0 Å². The molecule has 1 saturated heterocycles. The highest BCUT2D eigenvalue weighted by Gasteiger charge is 2.20. The topological polar surface area (TPSA) is 64.6 Å². The SMILES string of the molecule is CCN1CCCC(NC(=O)Nc2cccc(C(C)O)c2)C1. The second kappa shape index (κ2) is 7.43.